The first-order valence-corrected chi connectivity index (χ1v) is 11.1. The van der Waals surface area contributed by atoms with Crippen LogP contribution in [0, 0.1) is 0 Å². The summed E-state index contributed by atoms with van der Waals surface area (Å²) in [5.74, 6) is -0.845. The summed E-state index contributed by atoms with van der Waals surface area (Å²) in [6.45, 7) is 1.48. The summed E-state index contributed by atoms with van der Waals surface area (Å²) in [5, 5.41) is 8.05. The van der Waals surface area contributed by atoms with E-state index in [0.29, 0.717) is 16.9 Å². The number of fused-ring (bicyclic) bond motifs is 3. The lowest BCUT2D eigenvalue weighted by Gasteiger charge is -2.27. The molecule has 0 radical (unpaired) electrons. The summed E-state index contributed by atoms with van der Waals surface area (Å²) in [5.41, 5.74) is 1.59. The lowest BCUT2D eigenvalue weighted by atomic mass is 10.0. The fraction of sp³-hybridized carbons (Fsp3) is 0.192. The first kappa shape index (κ1) is 22.3. The number of amides is 2. The molecule has 9 heteroatoms. The molecule has 1 aliphatic rings. The van der Waals surface area contributed by atoms with E-state index in [1.54, 1.807) is 25.3 Å². The Kier molecular flexibility index (Phi) is 5.97. The lowest BCUT2D eigenvalue weighted by molar-refractivity contribution is -0.143. The van der Waals surface area contributed by atoms with Crippen molar-refractivity contribution in [2.75, 3.05) is 13.2 Å². The molecule has 0 spiro atoms. The molecule has 4 aromatic rings. The Labute approximate surface area is 199 Å². The van der Waals surface area contributed by atoms with Crippen LogP contribution in [0.1, 0.15) is 24.3 Å². The van der Waals surface area contributed by atoms with E-state index >= 15 is 0 Å². The van der Waals surface area contributed by atoms with Crippen LogP contribution in [0.3, 0.4) is 0 Å². The highest BCUT2D eigenvalue weighted by Gasteiger charge is 2.35. The van der Waals surface area contributed by atoms with Crippen molar-refractivity contribution in [1.29, 1.82) is 0 Å². The summed E-state index contributed by atoms with van der Waals surface area (Å²) in [6, 6.07) is 13.5. The highest BCUT2D eigenvalue weighted by molar-refractivity contribution is 6.08. The van der Waals surface area contributed by atoms with Gasteiger partial charge in [-0.25, -0.2) is 9.59 Å². The lowest BCUT2D eigenvalue weighted by Crippen LogP contribution is -2.47. The average Bonchev–Trinajstić information content (AvgIpc) is 3.53. The second-order valence-electron chi connectivity index (χ2n) is 7.92. The SMILES string of the molecule is CCOC(=O)C1=C(COC(=O)Cc2coc3ccc4ccccc4c23)NC(=O)N[C@H]1c1ccco1. The van der Waals surface area contributed by atoms with Crippen LogP contribution in [0.15, 0.2) is 81.2 Å². The molecule has 1 aliphatic heterocycles. The van der Waals surface area contributed by atoms with Crippen molar-refractivity contribution in [1.82, 2.24) is 10.6 Å². The summed E-state index contributed by atoms with van der Waals surface area (Å²) in [6.07, 6.45) is 2.93. The van der Waals surface area contributed by atoms with E-state index in [-0.39, 0.29) is 30.9 Å². The quantitative estimate of drug-likeness (QED) is 0.386. The van der Waals surface area contributed by atoms with Crippen molar-refractivity contribution in [3.8, 4) is 0 Å². The molecule has 178 valence electrons. The minimum absolute atomic E-state index is 0.0448. The van der Waals surface area contributed by atoms with E-state index in [2.05, 4.69) is 10.6 Å². The molecule has 0 aliphatic carbocycles. The number of carbonyl (C=O) groups excluding carboxylic acids is 3. The Hall–Kier alpha value is -4.53. The summed E-state index contributed by atoms with van der Waals surface area (Å²) < 4.78 is 21.7. The molecule has 2 amide bonds. The topological polar surface area (TPSA) is 120 Å². The number of urea groups is 1. The molecule has 3 heterocycles. The van der Waals surface area contributed by atoms with Gasteiger partial charge in [0.1, 0.15) is 24.0 Å². The number of furan rings is 2. The number of carbonyl (C=O) groups is 3. The third kappa shape index (κ3) is 4.35. The van der Waals surface area contributed by atoms with Crippen LogP contribution >= 0.6 is 0 Å². The zero-order valence-corrected chi connectivity index (χ0v) is 18.8. The predicted octanol–water partition coefficient (Wildman–Crippen LogP) is 4.14. The van der Waals surface area contributed by atoms with Gasteiger partial charge in [0, 0.05) is 10.9 Å². The molecule has 1 atom stereocenters. The van der Waals surface area contributed by atoms with Crippen molar-refractivity contribution < 1.29 is 32.7 Å². The normalized spacial score (nSPS) is 15.7. The van der Waals surface area contributed by atoms with Crippen LogP contribution in [-0.4, -0.2) is 31.2 Å². The Balaban J connectivity index is 1.39. The van der Waals surface area contributed by atoms with E-state index in [4.69, 9.17) is 18.3 Å². The van der Waals surface area contributed by atoms with Gasteiger partial charge in [0.15, 0.2) is 0 Å². The molecule has 2 aromatic carbocycles. The number of hydrogen-bond donors (Lipinski definition) is 2. The number of rotatable bonds is 7. The minimum atomic E-state index is -0.879. The van der Waals surface area contributed by atoms with Crippen LogP contribution in [0.5, 0.6) is 0 Å². The third-order valence-corrected chi connectivity index (χ3v) is 5.73. The van der Waals surface area contributed by atoms with E-state index in [1.165, 1.54) is 6.26 Å². The second kappa shape index (κ2) is 9.38. The second-order valence-corrected chi connectivity index (χ2v) is 7.92. The van der Waals surface area contributed by atoms with Crippen LogP contribution in [0.2, 0.25) is 0 Å². The standard InChI is InChI=1S/C26H22N2O7/c1-2-32-25(30)23-18(27-26(31)28-24(23)20-8-5-11-33-20)14-35-21(29)12-16-13-34-19-10-9-15-6-3-4-7-17(15)22(16)19/h3-11,13,24H,2,12,14H2,1H3,(H2,27,28,31)/t24-/m0/s1. The summed E-state index contributed by atoms with van der Waals surface area (Å²) in [4.78, 5) is 37.8. The Morgan fingerprint density at radius 2 is 1.89 bits per heavy atom. The monoisotopic (exact) mass is 474 g/mol. The number of esters is 2. The number of benzene rings is 2. The zero-order valence-electron chi connectivity index (χ0n) is 18.8. The van der Waals surface area contributed by atoms with Gasteiger partial charge < -0.3 is 28.9 Å². The fourth-order valence-electron chi connectivity index (χ4n) is 4.21. The largest absolute Gasteiger partial charge is 0.467 e. The summed E-state index contributed by atoms with van der Waals surface area (Å²) in [7, 11) is 0. The van der Waals surface area contributed by atoms with E-state index in [9.17, 15) is 14.4 Å². The van der Waals surface area contributed by atoms with Crippen molar-refractivity contribution in [2.24, 2.45) is 0 Å². The van der Waals surface area contributed by atoms with Gasteiger partial charge in [-0.3, -0.25) is 4.79 Å². The number of ether oxygens (including phenoxy) is 2. The molecule has 0 saturated carbocycles. The molecule has 0 fully saturated rings. The molecule has 0 bridgehead atoms. The van der Waals surface area contributed by atoms with E-state index in [0.717, 1.165) is 16.2 Å². The maximum absolute atomic E-state index is 12.8. The maximum atomic E-state index is 12.8. The van der Waals surface area contributed by atoms with Crippen LogP contribution in [0.25, 0.3) is 21.7 Å². The first-order valence-electron chi connectivity index (χ1n) is 11.1. The van der Waals surface area contributed by atoms with Gasteiger partial charge in [-0.1, -0.05) is 30.3 Å². The molecule has 0 saturated heterocycles. The Bertz CT molecular complexity index is 1450. The van der Waals surface area contributed by atoms with Gasteiger partial charge in [-0.15, -0.1) is 0 Å². The third-order valence-electron chi connectivity index (χ3n) is 5.73. The zero-order chi connectivity index (χ0) is 24.4. The van der Waals surface area contributed by atoms with Gasteiger partial charge in [0.2, 0.25) is 0 Å². The number of hydrogen-bond acceptors (Lipinski definition) is 7. The fourth-order valence-corrected chi connectivity index (χ4v) is 4.21. The first-order chi connectivity index (χ1) is 17.0. The average molecular weight is 474 g/mol. The molecular weight excluding hydrogens is 452 g/mol. The molecule has 0 unspecified atom stereocenters. The Morgan fingerprint density at radius 1 is 1.03 bits per heavy atom. The Morgan fingerprint density at radius 3 is 2.69 bits per heavy atom. The highest BCUT2D eigenvalue weighted by Crippen LogP contribution is 2.31. The van der Waals surface area contributed by atoms with Crippen LogP contribution in [0.4, 0.5) is 4.79 Å². The van der Waals surface area contributed by atoms with Crippen LogP contribution in [-0.2, 0) is 25.5 Å². The molecule has 5 rings (SSSR count). The number of nitrogens with one attached hydrogen (secondary N) is 2. The van der Waals surface area contributed by atoms with Crippen molar-refractivity contribution in [3.05, 3.63) is 83.7 Å². The van der Waals surface area contributed by atoms with Crippen molar-refractivity contribution in [3.63, 3.8) is 0 Å². The molecule has 2 N–H and O–H groups in total. The van der Waals surface area contributed by atoms with Gasteiger partial charge in [-0.05, 0) is 35.9 Å². The molecule has 9 nitrogen and oxygen atoms in total. The van der Waals surface area contributed by atoms with Gasteiger partial charge >= 0.3 is 18.0 Å². The van der Waals surface area contributed by atoms with Gasteiger partial charge in [0.25, 0.3) is 0 Å². The predicted molar refractivity (Wildman–Crippen MR) is 125 cm³/mol. The van der Waals surface area contributed by atoms with Crippen LogP contribution < -0.4 is 10.6 Å². The van der Waals surface area contributed by atoms with Gasteiger partial charge in [-0.2, -0.15) is 0 Å². The maximum Gasteiger partial charge on any atom is 0.338 e. The molecule has 2 aromatic heterocycles. The van der Waals surface area contributed by atoms with E-state index in [1.807, 2.05) is 36.4 Å². The minimum Gasteiger partial charge on any atom is -0.467 e. The van der Waals surface area contributed by atoms with E-state index < -0.39 is 24.0 Å². The van der Waals surface area contributed by atoms with Crippen molar-refractivity contribution >= 4 is 39.7 Å². The summed E-state index contributed by atoms with van der Waals surface area (Å²) >= 11 is 0. The highest BCUT2D eigenvalue weighted by atomic mass is 16.5. The van der Waals surface area contributed by atoms with Gasteiger partial charge in [0.05, 0.1) is 36.8 Å². The smallest absolute Gasteiger partial charge is 0.338 e. The van der Waals surface area contributed by atoms with Crippen molar-refractivity contribution in [2.45, 2.75) is 19.4 Å². The molecule has 35 heavy (non-hydrogen) atoms. The molecular formula is C26H22N2O7.